The van der Waals surface area contributed by atoms with Gasteiger partial charge in [0.15, 0.2) is 5.17 Å². The van der Waals surface area contributed by atoms with Gasteiger partial charge in [0.2, 0.25) is 0 Å². The molecule has 0 unspecified atom stereocenters. The maximum Gasteiger partial charge on any atom is 0.269 e. The van der Waals surface area contributed by atoms with Gasteiger partial charge >= 0.3 is 0 Å². The summed E-state index contributed by atoms with van der Waals surface area (Å²) in [6.45, 7) is 6.31. The number of benzene rings is 2. The summed E-state index contributed by atoms with van der Waals surface area (Å²) in [4.78, 5) is 27.3. The highest BCUT2D eigenvalue weighted by Crippen LogP contribution is 2.50. The molecule has 7 heteroatoms. The topological polar surface area (TPSA) is 39.1 Å². The monoisotopic (exact) mass is 492 g/mol. The summed E-state index contributed by atoms with van der Waals surface area (Å²) in [5.41, 5.74) is 3.26. The van der Waals surface area contributed by atoms with Gasteiger partial charge in [0, 0.05) is 36.8 Å². The van der Waals surface area contributed by atoms with Gasteiger partial charge in [0.25, 0.3) is 5.91 Å². The average Bonchev–Trinajstić information content (AvgIpc) is 3.37. The molecule has 5 rings (SSSR count). The zero-order valence-electron chi connectivity index (χ0n) is 20.2. The van der Waals surface area contributed by atoms with Crippen LogP contribution in [0.1, 0.15) is 46.0 Å². The van der Waals surface area contributed by atoms with Gasteiger partial charge in [0.1, 0.15) is 4.91 Å². The second-order valence-electron chi connectivity index (χ2n) is 8.92. The zero-order chi connectivity index (χ0) is 23.7. The summed E-state index contributed by atoms with van der Waals surface area (Å²) >= 11 is 3.23. The van der Waals surface area contributed by atoms with Gasteiger partial charge in [-0.1, -0.05) is 43.2 Å². The third-order valence-electron chi connectivity index (χ3n) is 6.89. The van der Waals surface area contributed by atoms with Crippen molar-refractivity contribution in [2.45, 2.75) is 56.9 Å². The highest BCUT2D eigenvalue weighted by atomic mass is 32.2. The number of amidine groups is 1. The maximum atomic E-state index is 13.8. The summed E-state index contributed by atoms with van der Waals surface area (Å²) in [5.74, 6) is 0.109. The number of hydrogen-bond donors (Lipinski definition) is 0. The van der Waals surface area contributed by atoms with E-state index in [2.05, 4.69) is 79.2 Å². The fourth-order valence-corrected chi connectivity index (χ4v) is 7.40. The van der Waals surface area contributed by atoms with Crippen molar-refractivity contribution in [3.63, 3.8) is 0 Å². The Hall–Kier alpha value is -2.38. The lowest BCUT2D eigenvalue weighted by atomic mass is 9.94. The summed E-state index contributed by atoms with van der Waals surface area (Å²) < 4.78 is 0. The van der Waals surface area contributed by atoms with E-state index < -0.39 is 0 Å². The van der Waals surface area contributed by atoms with Crippen LogP contribution in [0.5, 0.6) is 0 Å². The fraction of sp³-hybridized carbons (Fsp3) is 0.407. The number of thioether (sulfide) groups is 2. The van der Waals surface area contributed by atoms with E-state index in [1.54, 1.807) is 11.8 Å². The van der Waals surface area contributed by atoms with Gasteiger partial charge < -0.3 is 9.80 Å². The molecule has 1 aliphatic carbocycles. The lowest BCUT2D eigenvalue weighted by Crippen LogP contribution is -2.40. The highest BCUT2D eigenvalue weighted by molar-refractivity contribution is 8.19. The number of aliphatic imine (C=N–C) groups is 1. The van der Waals surface area contributed by atoms with E-state index in [0.29, 0.717) is 0 Å². The standard InChI is InChI=1S/C27H32N4OS2/c1-4-30(5-2)20-17-15-19(16-18-20)28-27-31(21-11-7-6-8-12-21)25(32)24(34-27)26-29(3)22-13-9-10-14-23(22)33-26/h9-10,13-18,21H,4-8,11-12H2,1-3H3. The van der Waals surface area contributed by atoms with Gasteiger partial charge in [0.05, 0.1) is 16.4 Å². The lowest BCUT2D eigenvalue weighted by Gasteiger charge is -2.30. The van der Waals surface area contributed by atoms with Crippen molar-refractivity contribution in [3.8, 4) is 0 Å². The first-order chi connectivity index (χ1) is 16.6. The Balaban J connectivity index is 1.50. The SMILES string of the molecule is CCN(CC)c1ccc(N=C2SC(=C3Sc4ccccc4N3C)C(=O)N2C2CCCCC2)cc1. The van der Waals surface area contributed by atoms with Crippen LogP contribution < -0.4 is 9.80 Å². The number of amides is 1. The number of fused-ring (bicyclic) bond motifs is 1. The Labute approximate surface area is 211 Å². The van der Waals surface area contributed by atoms with Crippen LogP contribution in [0.15, 0.2) is 68.4 Å². The van der Waals surface area contributed by atoms with Crippen molar-refractivity contribution in [2.24, 2.45) is 4.99 Å². The average molecular weight is 493 g/mol. The normalized spacial score (nSPS) is 22.1. The fourth-order valence-electron chi connectivity index (χ4n) is 4.99. The van der Waals surface area contributed by atoms with Crippen molar-refractivity contribution in [1.29, 1.82) is 0 Å². The van der Waals surface area contributed by atoms with Crippen molar-refractivity contribution in [3.05, 3.63) is 58.5 Å². The molecule has 3 aliphatic rings. The Morgan fingerprint density at radius 1 is 0.971 bits per heavy atom. The second kappa shape index (κ2) is 10.1. The van der Waals surface area contributed by atoms with Gasteiger partial charge in [-0.15, -0.1) is 0 Å². The second-order valence-corrected chi connectivity index (χ2v) is 10.9. The molecule has 2 aromatic carbocycles. The minimum Gasteiger partial charge on any atom is -0.372 e. The number of carbonyl (C=O) groups excluding carboxylic acids is 1. The van der Waals surface area contributed by atoms with E-state index in [-0.39, 0.29) is 11.9 Å². The number of nitrogens with zero attached hydrogens (tertiary/aromatic N) is 4. The molecular weight excluding hydrogens is 460 g/mol. The Morgan fingerprint density at radius 3 is 2.35 bits per heavy atom. The molecular formula is C27H32N4OS2. The van der Waals surface area contributed by atoms with Crippen LogP contribution in [0.25, 0.3) is 0 Å². The Bertz CT molecular complexity index is 1120. The molecule has 0 spiro atoms. The van der Waals surface area contributed by atoms with Crippen molar-refractivity contribution in [2.75, 3.05) is 29.9 Å². The highest BCUT2D eigenvalue weighted by Gasteiger charge is 2.42. The van der Waals surface area contributed by atoms with Crippen LogP contribution in [0, 0.1) is 0 Å². The molecule has 34 heavy (non-hydrogen) atoms. The van der Waals surface area contributed by atoms with Crippen LogP contribution in [0.4, 0.5) is 17.1 Å². The first-order valence-corrected chi connectivity index (χ1v) is 13.9. The third kappa shape index (κ3) is 4.36. The van der Waals surface area contributed by atoms with E-state index in [4.69, 9.17) is 4.99 Å². The Morgan fingerprint density at radius 2 is 1.68 bits per heavy atom. The molecule has 2 heterocycles. The number of anilines is 2. The molecule has 5 nitrogen and oxygen atoms in total. The van der Waals surface area contributed by atoms with Crippen molar-refractivity contribution >= 4 is 51.7 Å². The molecule has 0 atom stereocenters. The molecule has 2 fully saturated rings. The molecule has 0 bridgehead atoms. The minimum absolute atomic E-state index is 0.109. The number of rotatable bonds is 5. The third-order valence-corrected chi connectivity index (χ3v) is 9.30. The molecule has 1 saturated heterocycles. The van der Waals surface area contributed by atoms with Gasteiger partial charge in [-0.25, -0.2) is 4.99 Å². The van der Waals surface area contributed by atoms with Crippen LogP contribution in [-0.4, -0.2) is 42.2 Å². The maximum absolute atomic E-state index is 13.8. The molecule has 1 saturated carbocycles. The van der Waals surface area contributed by atoms with Gasteiger partial charge in [-0.2, -0.15) is 0 Å². The predicted octanol–water partition coefficient (Wildman–Crippen LogP) is 6.84. The number of hydrogen-bond acceptors (Lipinski definition) is 6. The largest absolute Gasteiger partial charge is 0.372 e. The van der Waals surface area contributed by atoms with E-state index in [0.717, 1.165) is 52.4 Å². The van der Waals surface area contributed by atoms with E-state index in [1.807, 2.05) is 4.90 Å². The van der Waals surface area contributed by atoms with Gasteiger partial charge in [-0.05, 0) is 74.8 Å². The summed E-state index contributed by atoms with van der Waals surface area (Å²) in [5, 5.41) is 1.83. The first kappa shape index (κ1) is 23.4. The first-order valence-electron chi connectivity index (χ1n) is 12.3. The van der Waals surface area contributed by atoms with E-state index in [9.17, 15) is 4.79 Å². The Kier molecular flexibility index (Phi) is 6.93. The van der Waals surface area contributed by atoms with Crippen LogP contribution >= 0.6 is 23.5 Å². The van der Waals surface area contributed by atoms with E-state index in [1.165, 1.54) is 41.6 Å². The van der Waals surface area contributed by atoms with Crippen LogP contribution in [0.3, 0.4) is 0 Å². The zero-order valence-corrected chi connectivity index (χ0v) is 21.8. The molecule has 0 N–H and O–H groups in total. The summed E-state index contributed by atoms with van der Waals surface area (Å²) in [6, 6.07) is 17.0. The van der Waals surface area contributed by atoms with Crippen molar-refractivity contribution < 1.29 is 4.79 Å². The molecule has 1 amide bonds. The van der Waals surface area contributed by atoms with Crippen molar-refractivity contribution in [1.82, 2.24) is 4.90 Å². The minimum atomic E-state index is 0.109. The number of para-hydroxylation sites is 1. The molecule has 0 aromatic heterocycles. The summed E-state index contributed by atoms with van der Waals surface area (Å²) in [6.07, 6.45) is 5.72. The lowest BCUT2D eigenvalue weighted by molar-refractivity contribution is -0.124. The molecule has 0 radical (unpaired) electrons. The quantitative estimate of drug-likeness (QED) is 0.427. The number of carbonyl (C=O) groups is 1. The molecule has 2 aromatic rings. The predicted molar refractivity (Wildman–Crippen MR) is 146 cm³/mol. The van der Waals surface area contributed by atoms with E-state index >= 15 is 0 Å². The molecule has 178 valence electrons. The van der Waals surface area contributed by atoms with Crippen LogP contribution in [0.2, 0.25) is 0 Å². The smallest absolute Gasteiger partial charge is 0.269 e. The summed E-state index contributed by atoms with van der Waals surface area (Å²) in [7, 11) is 2.06. The molecule has 2 aliphatic heterocycles. The van der Waals surface area contributed by atoms with Crippen LogP contribution in [-0.2, 0) is 4.79 Å². The van der Waals surface area contributed by atoms with Gasteiger partial charge in [-0.3, -0.25) is 9.69 Å².